The van der Waals surface area contributed by atoms with Gasteiger partial charge in [0.1, 0.15) is 0 Å². The zero-order valence-electron chi connectivity index (χ0n) is 12.3. The number of carbonyl (C=O) groups excluding carboxylic acids is 1. The summed E-state index contributed by atoms with van der Waals surface area (Å²) < 4.78 is 0. The van der Waals surface area contributed by atoms with Gasteiger partial charge in [-0.2, -0.15) is 0 Å². The van der Waals surface area contributed by atoms with Crippen LogP contribution in [0.25, 0.3) is 0 Å². The molecule has 1 aliphatic heterocycles. The lowest BCUT2D eigenvalue weighted by Gasteiger charge is -2.33. The van der Waals surface area contributed by atoms with E-state index in [1.54, 1.807) is 0 Å². The van der Waals surface area contributed by atoms with Crippen molar-refractivity contribution in [3.8, 4) is 0 Å². The van der Waals surface area contributed by atoms with Crippen LogP contribution >= 0.6 is 12.4 Å². The van der Waals surface area contributed by atoms with Gasteiger partial charge in [0.05, 0.1) is 0 Å². The molecule has 2 N–H and O–H groups in total. The third kappa shape index (κ3) is 5.31. The van der Waals surface area contributed by atoms with Gasteiger partial charge in [0.25, 0.3) is 0 Å². The molecule has 3 nitrogen and oxygen atoms in total. The number of carbonyl (C=O) groups is 1. The second-order valence-electron chi connectivity index (χ2n) is 6.40. The van der Waals surface area contributed by atoms with E-state index in [4.69, 9.17) is 0 Å². The van der Waals surface area contributed by atoms with E-state index in [-0.39, 0.29) is 18.3 Å². The number of amides is 1. The van der Waals surface area contributed by atoms with Gasteiger partial charge in [0, 0.05) is 18.5 Å². The third-order valence-corrected chi connectivity index (χ3v) is 4.66. The summed E-state index contributed by atoms with van der Waals surface area (Å²) in [6, 6.07) is 1.00. The average molecular weight is 289 g/mol. The molecule has 1 amide bonds. The van der Waals surface area contributed by atoms with Gasteiger partial charge in [0.15, 0.2) is 0 Å². The lowest BCUT2D eigenvalue weighted by Crippen LogP contribution is -2.42. The minimum absolute atomic E-state index is 0. The predicted octanol–water partition coefficient (Wildman–Crippen LogP) is 2.88. The molecular formula is C15H29ClN2O. The lowest BCUT2D eigenvalue weighted by atomic mass is 9.80. The van der Waals surface area contributed by atoms with Gasteiger partial charge in [-0.3, -0.25) is 4.79 Å². The van der Waals surface area contributed by atoms with E-state index in [9.17, 15) is 4.79 Å². The van der Waals surface area contributed by atoms with Crippen LogP contribution in [0, 0.1) is 11.8 Å². The second-order valence-corrected chi connectivity index (χ2v) is 6.40. The Hall–Kier alpha value is -0.280. The molecule has 2 rings (SSSR count). The van der Waals surface area contributed by atoms with Crippen molar-refractivity contribution < 1.29 is 4.79 Å². The van der Waals surface area contributed by atoms with Crippen molar-refractivity contribution in [3.63, 3.8) is 0 Å². The zero-order valence-corrected chi connectivity index (χ0v) is 13.1. The van der Waals surface area contributed by atoms with E-state index >= 15 is 0 Å². The summed E-state index contributed by atoms with van der Waals surface area (Å²) in [4.78, 5) is 12.0. The molecule has 4 heteroatoms. The average Bonchev–Trinajstić information content (AvgIpc) is 2.83. The van der Waals surface area contributed by atoms with Crippen LogP contribution in [0.3, 0.4) is 0 Å². The minimum Gasteiger partial charge on any atom is -0.353 e. The molecule has 1 aliphatic carbocycles. The Morgan fingerprint density at radius 1 is 1.26 bits per heavy atom. The number of hydrogen-bond acceptors (Lipinski definition) is 2. The molecule has 19 heavy (non-hydrogen) atoms. The maximum Gasteiger partial charge on any atom is 0.220 e. The van der Waals surface area contributed by atoms with Crippen LogP contribution in [0.4, 0.5) is 0 Å². The molecule has 4 atom stereocenters. The van der Waals surface area contributed by atoms with Crippen molar-refractivity contribution in [2.75, 3.05) is 6.54 Å². The van der Waals surface area contributed by atoms with Crippen LogP contribution in [-0.2, 0) is 4.79 Å². The van der Waals surface area contributed by atoms with Crippen molar-refractivity contribution >= 4 is 18.3 Å². The first-order chi connectivity index (χ1) is 8.65. The molecule has 1 saturated heterocycles. The van der Waals surface area contributed by atoms with Crippen LogP contribution in [0.2, 0.25) is 0 Å². The molecule has 0 radical (unpaired) electrons. The van der Waals surface area contributed by atoms with Gasteiger partial charge in [-0.1, -0.05) is 13.8 Å². The van der Waals surface area contributed by atoms with Gasteiger partial charge in [-0.05, 0) is 56.9 Å². The van der Waals surface area contributed by atoms with E-state index in [0.29, 0.717) is 24.4 Å². The van der Waals surface area contributed by atoms with Crippen LogP contribution in [-0.4, -0.2) is 24.5 Å². The molecule has 4 unspecified atom stereocenters. The normalized spacial score (nSPS) is 34.6. The molecule has 0 aromatic rings. The van der Waals surface area contributed by atoms with Crippen LogP contribution < -0.4 is 10.6 Å². The number of halogens is 1. The number of hydrogen-bond donors (Lipinski definition) is 2. The SMILES string of the molecule is CC1CCC(NC(=O)CCC2CCCN2)C(C)C1.Cl. The summed E-state index contributed by atoms with van der Waals surface area (Å²) in [5, 5.41) is 6.70. The zero-order chi connectivity index (χ0) is 13.0. The summed E-state index contributed by atoms with van der Waals surface area (Å²) >= 11 is 0. The van der Waals surface area contributed by atoms with E-state index in [0.717, 1.165) is 25.3 Å². The van der Waals surface area contributed by atoms with E-state index in [2.05, 4.69) is 24.5 Å². The molecule has 2 aliphatic rings. The maximum atomic E-state index is 12.0. The molecule has 2 fully saturated rings. The Morgan fingerprint density at radius 3 is 2.68 bits per heavy atom. The monoisotopic (exact) mass is 288 g/mol. The predicted molar refractivity (Wildman–Crippen MR) is 81.6 cm³/mol. The fourth-order valence-corrected chi connectivity index (χ4v) is 3.47. The summed E-state index contributed by atoms with van der Waals surface area (Å²) in [5.41, 5.74) is 0. The Kier molecular flexibility index (Phi) is 7.16. The minimum atomic E-state index is 0. The van der Waals surface area contributed by atoms with E-state index in [1.807, 2.05) is 0 Å². The van der Waals surface area contributed by atoms with Gasteiger partial charge >= 0.3 is 0 Å². The first-order valence-electron chi connectivity index (χ1n) is 7.68. The largest absolute Gasteiger partial charge is 0.353 e. The summed E-state index contributed by atoms with van der Waals surface area (Å²) in [6.45, 7) is 5.73. The van der Waals surface area contributed by atoms with Crippen LogP contribution in [0.1, 0.15) is 58.8 Å². The molecule has 1 saturated carbocycles. The topological polar surface area (TPSA) is 41.1 Å². The molecule has 0 aromatic heterocycles. The first kappa shape index (κ1) is 16.8. The Bertz CT molecular complexity index is 279. The number of rotatable bonds is 4. The van der Waals surface area contributed by atoms with Gasteiger partial charge in [-0.15, -0.1) is 12.4 Å². The summed E-state index contributed by atoms with van der Waals surface area (Å²) in [7, 11) is 0. The van der Waals surface area contributed by atoms with Gasteiger partial charge in [0.2, 0.25) is 5.91 Å². The van der Waals surface area contributed by atoms with Crippen LogP contribution in [0.5, 0.6) is 0 Å². The molecule has 0 aromatic carbocycles. The highest BCUT2D eigenvalue weighted by atomic mass is 35.5. The highest BCUT2D eigenvalue weighted by Gasteiger charge is 2.26. The fraction of sp³-hybridized carbons (Fsp3) is 0.933. The maximum absolute atomic E-state index is 12.0. The van der Waals surface area contributed by atoms with Crippen molar-refractivity contribution in [2.24, 2.45) is 11.8 Å². The highest BCUT2D eigenvalue weighted by molar-refractivity contribution is 5.85. The third-order valence-electron chi connectivity index (χ3n) is 4.66. The standard InChI is InChI=1S/C15H28N2O.ClH/c1-11-5-7-14(12(2)10-11)17-15(18)8-6-13-4-3-9-16-13;/h11-14,16H,3-10H2,1-2H3,(H,17,18);1H. The fourth-order valence-electron chi connectivity index (χ4n) is 3.47. The molecule has 0 bridgehead atoms. The smallest absolute Gasteiger partial charge is 0.220 e. The summed E-state index contributed by atoms with van der Waals surface area (Å²) in [5.74, 6) is 1.73. The van der Waals surface area contributed by atoms with Crippen LogP contribution in [0.15, 0.2) is 0 Å². The lowest BCUT2D eigenvalue weighted by molar-refractivity contribution is -0.122. The first-order valence-corrected chi connectivity index (χ1v) is 7.68. The quantitative estimate of drug-likeness (QED) is 0.835. The van der Waals surface area contributed by atoms with Crippen molar-refractivity contribution in [1.82, 2.24) is 10.6 Å². The second kappa shape index (κ2) is 8.11. The van der Waals surface area contributed by atoms with Crippen molar-refractivity contribution in [3.05, 3.63) is 0 Å². The Labute approximate surface area is 123 Å². The number of nitrogens with one attached hydrogen (secondary N) is 2. The van der Waals surface area contributed by atoms with Crippen molar-refractivity contribution in [2.45, 2.75) is 70.9 Å². The van der Waals surface area contributed by atoms with E-state index in [1.165, 1.54) is 25.7 Å². The Balaban J connectivity index is 0.00000180. The highest BCUT2D eigenvalue weighted by Crippen LogP contribution is 2.28. The molecular weight excluding hydrogens is 260 g/mol. The summed E-state index contributed by atoms with van der Waals surface area (Å²) in [6.07, 6.45) is 7.89. The molecule has 0 spiro atoms. The Morgan fingerprint density at radius 2 is 2.05 bits per heavy atom. The molecule has 112 valence electrons. The molecule has 1 heterocycles. The van der Waals surface area contributed by atoms with Crippen molar-refractivity contribution in [1.29, 1.82) is 0 Å². The van der Waals surface area contributed by atoms with E-state index < -0.39 is 0 Å². The van der Waals surface area contributed by atoms with Gasteiger partial charge < -0.3 is 10.6 Å². The van der Waals surface area contributed by atoms with Gasteiger partial charge in [-0.25, -0.2) is 0 Å².